The monoisotopic (exact) mass is 52.0 g/mol. The van der Waals surface area contributed by atoms with E-state index in [0.29, 0.717) is 0 Å². The fourth-order valence-electron chi connectivity index (χ4n) is 0. The number of hydrogen-bond donors (Lipinski definition) is 0. The summed E-state index contributed by atoms with van der Waals surface area (Å²) < 4.78 is 0. The van der Waals surface area contributed by atoms with E-state index in [1.165, 1.54) is 5.94 Å². The van der Waals surface area contributed by atoms with Crippen molar-refractivity contribution < 1.29 is 4.79 Å². The topological polar surface area (TPSA) is 17.1 Å². The maximum Gasteiger partial charge on any atom is 0.119 e. The Morgan fingerprint density at radius 2 is 2.25 bits per heavy atom. The smallest absolute Gasteiger partial charge is 0.119 e. The molecule has 0 aliphatic carbocycles. The van der Waals surface area contributed by atoms with E-state index in [0.717, 1.165) is 5.98 Å². The Morgan fingerprint density at radius 1 is 2.00 bits per heavy atom. The second-order valence-corrected chi connectivity index (χ2v) is 0.285. The summed E-state index contributed by atoms with van der Waals surface area (Å²) in [7, 11) is 4.48. The molecular weight excluding hydrogens is 50.8 g/mol. The lowest BCUT2D eigenvalue weighted by molar-refractivity contribution is 0.569. The molecule has 0 heterocycles. The first-order chi connectivity index (χ1) is 1.91. The zero-order valence-corrected chi connectivity index (χ0v) is 2.06. The Bertz CT molecular complexity index is 44.0. The summed E-state index contributed by atoms with van der Waals surface area (Å²) >= 11 is 0. The molecule has 0 fully saturated rings. The fourth-order valence-corrected chi connectivity index (χ4v) is 0. The molecule has 0 aliphatic heterocycles. The van der Waals surface area contributed by atoms with Gasteiger partial charge >= 0.3 is 0 Å². The van der Waals surface area contributed by atoms with E-state index < -0.39 is 0 Å². The van der Waals surface area contributed by atoms with Gasteiger partial charge in [-0.2, -0.15) is 0 Å². The first-order valence-electron chi connectivity index (χ1n) is 0.826. The third kappa shape index (κ3) is 1.51. The summed E-state index contributed by atoms with van der Waals surface area (Å²) in [5.74, 6) is 2.15. The van der Waals surface area contributed by atoms with Gasteiger partial charge < -0.3 is 0 Å². The van der Waals surface area contributed by atoms with Crippen molar-refractivity contribution in [1.82, 2.24) is 0 Å². The average molecular weight is 51.8 g/mol. The summed E-state index contributed by atoms with van der Waals surface area (Å²) in [6, 6.07) is 0. The number of rotatable bonds is 0. The maximum absolute atomic E-state index is 8.87. The van der Waals surface area contributed by atoms with E-state index in [-0.39, 0.29) is 0 Å². The van der Waals surface area contributed by atoms with E-state index in [4.69, 9.17) is 4.79 Å². The first-order valence-corrected chi connectivity index (χ1v) is 0.826. The lowest BCUT2D eigenvalue weighted by Crippen LogP contribution is -1.44. The highest BCUT2D eigenvalue weighted by Crippen LogP contribution is 1.22. The summed E-state index contributed by atoms with van der Waals surface area (Å²) in [5.41, 5.74) is 0. The molecule has 0 rings (SSSR count). The van der Waals surface area contributed by atoms with Gasteiger partial charge in [0.1, 0.15) is 13.8 Å². The largest absolute Gasteiger partial charge is 0.235 e. The molecule has 2 heteroatoms. The zero-order valence-electron chi connectivity index (χ0n) is 2.06. The number of hydrogen-bond acceptors (Lipinski definition) is 1. The highest BCUT2D eigenvalue weighted by atomic mass is 16.1. The first kappa shape index (κ1) is 3.51. The molecule has 0 aliphatic rings. The van der Waals surface area contributed by atoms with Crippen molar-refractivity contribution in [2.45, 2.75) is 0 Å². The van der Waals surface area contributed by atoms with Crippen LogP contribution in [0.5, 0.6) is 0 Å². The third-order valence-electron chi connectivity index (χ3n) is 0.0680. The van der Waals surface area contributed by atoms with E-state index in [1.807, 2.05) is 0 Å². The average Bonchev–Trinajstić information content (AvgIpc) is 1.37. The van der Waals surface area contributed by atoms with Crippen LogP contribution in [-0.2, 0) is 4.79 Å². The van der Waals surface area contributed by atoms with Crippen molar-refractivity contribution in [1.29, 1.82) is 0 Å². The molecule has 0 aromatic rings. The van der Waals surface area contributed by atoms with E-state index in [2.05, 4.69) is 7.85 Å². The molecule has 0 aromatic carbocycles. The molecule has 0 saturated carbocycles. The van der Waals surface area contributed by atoms with Gasteiger partial charge in [0.2, 0.25) is 0 Å². The minimum absolute atomic E-state index is 0.819. The predicted molar refractivity (Wildman–Crippen MR) is 16.0 cm³/mol. The minimum Gasteiger partial charge on any atom is -0.235 e. The van der Waals surface area contributed by atoms with Crippen molar-refractivity contribution >= 4 is 13.8 Å². The lowest BCUT2D eigenvalue weighted by Gasteiger charge is -1.29. The molecular formula is C2HBO. The molecule has 18 valence electrons. The molecule has 4 heavy (non-hydrogen) atoms. The Hall–Kier alpha value is -0.485. The van der Waals surface area contributed by atoms with Gasteiger partial charge in [0.05, 0.1) is 0 Å². The Morgan fingerprint density at radius 3 is 2.25 bits per heavy atom. The maximum atomic E-state index is 8.87. The zero-order chi connectivity index (χ0) is 3.41. The quantitative estimate of drug-likeness (QED) is 0.268. The standard InChI is InChI=1S/C2HBO/c3-1-2-4/h1H. The fraction of sp³-hybridized carbons (Fsp3) is 0. The molecule has 0 N–H and O–H groups in total. The van der Waals surface area contributed by atoms with Crippen molar-refractivity contribution in [3.63, 3.8) is 0 Å². The SMILES string of the molecule is [B]C=C=O. The van der Waals surface area contributed by atoms with Gasteiger partial charge in [-0.1, -0.05) is 0 Å². The third-order valence-corrected chi connectivity index (χ3v) is 0.0680. The van der Waals surface area contributed by atoms with Crippen LogP contribution in [0.4, 0.5) is 0 Å². The molecule has 1 nitrogen and oxygen atoms in total. The summed E-state index contributed by atoms with van der Waals surface area (Å²) in [6.07, 6.45) is 0. The van der Waals surface area contributed by atoms with Crippen LogP contribution in [0.25, 0.3) is 0 Å². The summed E-state index contributed by atoms with van der Waals surface area (Å²) in [4.78, 5) is 8.87. The molecule has 0 unspecified atom stereocenters. The van der Waals surface area contributed by atoms with Gasteiger partial charge in [0, 0.05) is 0 Å². The van der Waals surface area contributed by atoms with Gasteiger partial charge in [-0.15, -0.1) is 0 Å². The van der Waals surface area contributed by atoms with Crippen molar-refractivity contribution in [2.75, 3.05) is 0 Å². The van der Waals surface area contributed by atoms with Crippen LogP contribution in [0.3, 0.4) is 0 Å². The molecule has 0 bridgehead atoms. The van der Waals surface area contributed by atoms with Crippen LogP contribution in [0.15, 0.2) is 5.98 Å². The van der Waals surface area contributed by atoms with Crippen LogP contribution >= 0.6 is 0 Å². The van der Waals surface area contributed by atoms with Gasteiger partial charge in [0.15, 0.2) is 0 Å². The predicted octanol–water partition coefficient (Wildman–Crippen LogP) is -0.500. The van der Waals surface area contributed by atoms with Gasteiger partial charge in [-0.25, -0.2) is 4.79 Å². The van der Waals surface area contributed by atoms with Crippen LogP contribution in [0.2, 0.25) is 0 Å². The summed E-state index contributed by atoms with van der Waals surface area (Å²) in [6.45, 7) is 0. The van der Waals surface area contributed by atoms with Crippen LogP contribution in [0.1, 0.15) is 0 Å². The molecule has 0 atom stereocenters. The van der Waals surface area contributed by atoms with Crippen LogP contribution in [0, 0.1) is 0 Å². The second kappa shape index (κ2) is 2.51. The van der Waals surface area contributed by atoms with Crippen LogP contribution in [-0.4, -0.2) is 13.8 Å². The summed E-state index contributed by atoms with van der Waals surface area (Å²) in [5, 5.41) is 0. The van der Waals surface area contributed by atoms with E-state index >= 15 is 0 Å². The van der Waals surface area contributed by atoms with E-state index in [9.17, 15) is 0 Å². The lowest BCUT2D eigenvalue weighted by atomic mass is 10.2. The second-order valence-electron chi connectivity index (χ2n) is 0.285. The van der Waals surface area contributed by atoms with Gasteiger partial charge in [-0.3, -0.25) is 0 Å². The number of carbonyl (C=O) groups excluding carboxylic acids is 1. The molecule has 0 aromatic heterocycles. The van der Waals surface area contributed by atoms with Crippen molar-refractivity contribution in [3.8, 4) is 0 Å². The molecule has 0 saturated heterocycles. The van der Waals surface area contributed by atoms with Crippen LogP contribution < -0.4 is 0 Å². The Labute approximate surface area is 25.7 Å². The van der Waals surface area contributed by atoms with Gasteiger partial charge in [0.25, 0.3) is 0 Å². The molecule has 0 spiro atoms. The normalized spacial score (nSPS) is 4.00. The van der Waals surface area contributed by atoms with Gasteiger partial charge in [-0.05, 0) is 5.98 Å². The highest BCUT2D eigenvalue weighted by molar-refractivity contribution is 6.20. The highest BCUT2D eigenvalue weighted by Gasteiger charge is 1.33. The Kier molecular flexibility index (Phi) is 2.21. The van der Waals surface area contributed by atoms with Crippen molar-refractivity contribution in [3.05, 3.63) is 5.98 Å². The Balaban J connectivity index is 3.11. The van der Waals surface area contributed by atoms with E-state index in [1.54, 1.807) is 0 Å². The van der Waals surface area contributed by atoms with Crippen molar-refractivity contribution in [2.24, 2.45) is 0 Å². The molecule has 0 amide bonds. The minimum atomic E-state index is 0.819. The molecule has 2 radical (unpaired) electrons.